The summed E-state index contributed by atoms with van der Waals surface area (Å²) in [5.74, 6) is -0.0540. The summed E-state index contributed by atoms with van der Waals surface area (Å²) in [5, 5.41) is 2.95. The van der Waals surface area contributed by atoms with Crippen LogP contribution in [0, 0.1) is 0 Å². The molecule has 1 N–H and O–H groups in total. The van der Waals surface area contributed by atoms with E-state index in [1.54, 1.807) is 0 Å². The number of carbonyl (C=O) groups excluding carboxylic acids is 2. The highest BCUT2D eigenvalue weighted by atomic mass is 16.5. The summed E-state index contributed by atoms with van der Waals surface area (Å²) in [7, 11) is 0. The lowest BCUT2D eigenvalue weighted by Crippen LogP contribution is -2.53. The smallest absolute Gasteiger partial charge is 0.323 e. The van der Waals surface area contributed by atoms with Gasteiger partial charge < -0.3 is 10.1 Å². The molecule has 2 aliphatic heterocycles. The van der Waals surface area contributed by atoms with Crippen molar-refractivity contribution in [3.05, 3.63) is 35.9 Å². The molecule has 0 unspecified atom stereocenters. The number of carbonyl (C=O) groups is 2. The molecule has 6 nitrogen and oxygen atoms in total. The summed E-state index contributed by atoms with van der Waals surface area (Å²) in [5.41, 5.74) is 1.10. The molecule has 0 spiro atoms. The maximum atomic E-state index is 12.0. The third-order valence-electron chi connectivity index (χ3n) is 4.46. The first-order chi connectivity index (χ1) is 11.2. The van der Waals surface area contributed by atoms with E-state index in [9.17, 15) is 9.59 Å². The molecule has 1 aromatic rings. The molecule has 2 fully saturated rings. The van der Waals surface area contributed by atoms with Crippen LogP contribution in [0.2, 0.25) is 0 Å². The maximum absolute atomic E-state index is 12.0. The van der Waals surface area contributed by atoms with E-state index in [-0.39, 0.29) is 17.9 Å². The Balaban J connectivity index is 1.38. The number of cyclic esters (lactones) is 1. The minimum atomic E-state index is -0.0981. The Labute approximate surface area is 136 Å². The highest BCUT2D eigenvalue weighted by Gasteiger charge is 2.34. The summed E-state index contributed by atoms with van der Waals surface area (Å²) in [6.07, 6.45) is 0.788. The van der Waals surface area contributed by atoms with Crippen LogP contribution in [-0.2, 0) is 20.9 Å². The lowest BCUT2D eigenvalue weighted by atomic mass is 10.2. The highest BCUT2D eigenvalue weighted by molar-refractivity contribution is 5.78. The molecule has 124 valence electrons. The fourth-order valence-electron chi connectivity index (χ4n) is 3.11. The first-order valence-electron chi connectivity index (χ1n) is 8.16. The zero-order valence-corrected chi connectivity index (χ0v) is 13.2. The first kappa shape index (κ1) is 16.0. The Bertz CT molecular complexity index is 541. The molecule has 2 aliphatic rings. The van der Waals surface area contributed by atoms with Gasteiger partial charge in [-0.15, -0.1) is 0 Å². The summed E-state index contributed by atoms with van der Waals surface area (Å²) in [4.78, 5) is 28.0. The number of piperazine rings is 1. The number of hydrogen-bond donors (Lipinski definition) is 1. The van der Waals surface area contributed by atoms with Gasteiger partial charge in [-0.05, 0) is 5.56 Å². The van der Waals surface area contributed by atoms with E-state index in [4.69, 9.17) is 4.74 Å². The third kappa shape index (κ3) is 4.30. The van der Waals surface area contributed by atoms with Crippen LogP contribution in [0.25, 0.3) is 0 Å². The van der Waals surface area contributed by atoms with Crippen molar-refractivity contribution in [3.63, 3.8) is 0 Å². The maximum Gasteiger partial charge on any atom is 0.323 e. The molecule has 3 rings (SSSR count). The average Bonchev–Trinajstić information content (AvgIpc) is 3.01. The van der Waals surface area contributed by atoms with E-state index in [1.165, 1.54) is 0 Å². The van der Waals surface area contributed by atoms with E-state index in [1.807, 2.05) is 30.3 Å². The lowest BCUT2D eigenvalue weighted by Gasteiger charge is -2.36. The molecule has 6 heteroatoms. The second-order valence-electron chi connectivity index (χ2n) is 6.05. The van der Waals surface area contributed by atoms with Crippen LogP contribution >= 0.6 is 0 Å². The number of rotatable bonds is 5. The van der Waals surface area contributed by atoms with E-state index >= 15 is 0 Å². The van der Waals surface area contributed by atoms with Crippen molar-refractivity contribution in [1.29, 1.82) is 0 Å². The van der Waals surface area contributed by atoms with Crippen LogP contribution in [0.1, 0.15) is 12.0 Å². The number of hydrogen-bond acceptors (Lipinski definition) is 5. The number of benzene rings is 1. The van der Waals surface area contributed by atoms with Crippen LogP contribution in [0.3, 0.4) is 0 Å². The van der Waals surface area contributed by atoms with Crippen molar-refractivity contribution in [3.8, 4) is 0 Å². The molecule has 1 aromatic carbocycles. The monoisotopic (exact) mass is 317 g/mol. The highest BCUT2D eigenvalue weighted by Crippen LogP contribution is 2.16. The molecule has 2 heterocycles. The standard InChI is InChI=1S/C17H23N3O3/c21-16(18-12-14-4-2-1-3-5-14)13-19-7-9-20(10-8-19)15-6-11-23-17(15)22/h1-5,15H,6-13H2,(H,18,21)/t15-/m1/s1. The normalized spacial score (nSPS) is 22.8. The zero-order chi connectivity index (χ0) is 16.1. The number of amides is 1. The lowest BCUT2D eigenvalue weighted by molar-refractivity contribution is -0.143. The van der Waals surface area contributed by atoms with Crippen molar-refractivity contribution >= 4 is 11.9 Å². The summed E-state index contributed by atoms with van der Waals surface area (Å²) in [6.45, 7) is 4.75. The predicted octanol–water partition coefficient (Wildman–Crippen LogP) is 0.236. The van der Waals surface area contributed by atoms with Crippen LogP contribution in [0.15, 0.2) is 30.3 Å². The van der Waals surface area contributed by atoms with Gasteiger partial charge in [0.1, 0.15) is 6.04 Å². The van der Waals surface area contributed by atoms with Crippen molar-refractivity contribution in [1.82, 2.24) is 15.1 Å². The fourth-order valence-corrected chi connectivity index (χ4v) is 3.11. The van der Waals surface area contributed by atoms with E-state index in [0.717, 1.165) is 38.2 Å². The molecule has 0 saturated carbocycles. The minimum Gasteiger partial charge on any atom is -0.464 e. The number of nitrogens with one attached hydrogen (secondary N) is 1. The van der Waals surface area contributed by atoms with Crippen LogP contribution in [0.4, 0.5) is 0 Å². The fraction of sp³-hybridized carbons (Fsp3) is 0.529. The van der Waals surface area contributed by atoms with Gasteiger partial charge in [0.2, 0.25) is 5.91 Å². The second kappa shape index (κ2) is 7.57. The topological polar surface area (TPSA) is 61.9 Å². The van der Waals surface area contributed by atoms with Gasteiger partial charge in [0.05, 0.1) is 13.2 Å². The molecule has 0 radical (unpaired) electrons. The predicted molar refractivity (Wildman–Crippen MR) is 85.7 cm³/mol. The van der Waals surface area contributed by atoms with Gasteiger partial charge in [-0.3, -0.25) is 19.4 Å². The Hall–Kier alpha value is -1.92. The van der Waals surface area contributed by atoms with Gasteiger partial charge in [-0.2, -0.15) is 0 Å². The molecule has 0 bridgehead atoms. The number of ether oxygens (including phenoxy) is 1. The first-order valence-corrected chi connectivity index (χ1v) is 8.16. The molecule has 1 amide bonds. The zero-order valence-electron chi connectivity index (χ0n) is 13.2. The largest absolute Gasteiger partial charge is 0.464 e. The van der Waals surface area contributed by atoms with E-state index < -0.39 is 0 Å². The SMILES string of the molecule is O=C(CN1CCN([C@@H]2CCOC2=O)CC1)NCc1ccccc1. The Kier molecular flexibility index (Phi) is 5.25. The Morgan fingerprint density at radius 3 is 2.57 bits per heavy atom. The minimum absolute atomic E-state index is 0.0441. The van der Waals surface area contributed by atoms with Crippen molar-refractivity contribution in [2.24, 2.45) is 0 Å². The third-order valence-corrected chi connectivity index (χ3v) is 4.46. The van der Waals surface area contributed by atoms with Crippen molar-refractivity contribution in [2.45, 2.75) is 19.0 Å². The summed E-state index contributed by atoms with van der Waals surface area (Å²) in [6, 6.07) is 9.82. The van der Waals surface area contributed by atoms with E-state index in [2.05, 4.69) is 15.1 Å². The Morgan fingerprint density at radius 1 is 1.17 bits per heavy atom. The molecule has 0 aliphatic carbocycles. The van der Waals surface area contributed by atoms with Gasteiger partial charge in [0.15, 0.2) is 0 Å². The van der Waals surface area contributed by atoms with Crippen LogP contribution < -0.4 is 5.32 Å². The van der Waals surface area contributed by atoms with Crippen LogP contribution in [0.5, 0.6) is 0 Å². The number of esters is 1. The molecule has 1 atom stereocenters. The van der Waals surface area contributed by atoms with Gasteiger partial charge >= 0.3 is 5.97 Å². The quantitative estimate of drug-likeness (QED) is 0.788. The van der Waals surface area contributed by atoms with Gasteiger partial charge in [0.25, 0.3) is 0 Å². The molecular formula is C17H23N3O3. The van der Waals surface area contributed by atoms with Gasteiger partial charge in [0, 0.05) is 39.1 Å². The average molecular weight is 317 g/mol. The molecule has 23 heavy (non-hydrogen) atoms. The number of nitrogens with zero attached hydrogens (tertiary/aromatic N) is 2. The second-order valence-corrected chi connectivity index (χ2v) is 6.05. The summed E-state index contributed by atoms with van der Waals surface area (Å²) < 4.78 is 5.03. The van der Waals surface area contributed by atoms with Gasteiger partial charge in [-0.1, -0.05) is 30.3 Å². The van der Waals surface area contributed by atoms with Crippen molar-refractivity contribution < 1.29 is 14.3 Å². The van der Waals surface area contributed by atoms with Crippen molar-refractivity contribution in [2.75, 3.05) is 39.3 Å². The van der Waals surface area contributed by atoms with Crippen LogP contribution in [-0.4, -0.2) is 67.0 Å². The molecule has 2 saturated heterocycles. The molecule has 0 aromatic heterocycles. The Morgan fingerprint density at radius 2 is 1.91 bits per heavy atom. The summed E-state index contributed by atoms with van der Waals surface area (Å²) >= 11 is 0. The van der Waals surface area contributed by atoms with E-state index in [0.29, 0.717) is 19.7 Å². The molecular weight excluding hydrogens is 294 g/mol. The van der Waals surface area contributed by atoms with Gasteiger partial charge in [-0.25, -0.2) is 0 Å².